The van der Waals surface area contributed by atoms with E-state index in [-0.39, 0.29) is 0 Å². The summed E-state index contributed by atoms with van der Waals surface area (Å²) in [5.41, 5.74) is 3.01. The molecule has 1 aliphatic rings. The molecule has 0 aromatic carbocycles. The van der Waals surface area contributed by atoms with Crippen molar-refractivity contribution in [3.8, 4) is 0 Å². The van der Waals surface area contributed by atoms with Gasteiger partial charge in [0.2, 0.25) is 0 Å². The maximum Gasteiger partial charge on any atom is 0.0701 e. The molecule has 0 spiro atoms. The van der Waals surface area contributed by atoms with Crippen LogP contribution in [-0.4, -0.2) is 16.5 Å². The average molecular weight is 321 g/mol. The molecule has 0 amide bonds. The molecule has 2 rings (SSSR count). The number of halogens is 1. The number of hydrogen-bond donors (Lipinski definition) is 2. The van der Waals surface area contributed by atoms with Crippen molar-refractivity contribution in [1.29, 1.82) is 0 Å². The highest BCUT2D eigenvalue weighted by Gasteiger charge is 2.37. The summed E-state index contributed by atoms with van der Waals surface area (Å²) in [6.45, 7) is 2.33. The lowest BCUT2D eigenvalue weighted by Gasteiger charge is -2.32. The molecular weight excluding hydrogens is 304 g/mol. The predicted octanol–water partition coefficient (Wildman–Crippen LogP) is 3.17. The Morgan fingerprint density at radius 3 is 2.94 bits per heavy atom. The van der Waals surface area contributed by atoms with Crippen LogP contribution < -0.4 is 11.3 Å². The van der Waals surface area contributed by atoms with Crippen molar-refractivity contribution in [2.45, 2.75) is 37.0 Å². The summed E-state index contributed by atoms with van der Waals surface area (Å²) in [4.78, 5) is 1.39. The number of hydrogen-bond acceptors (Lipinski definition) is 4. The molecule has 16 heavy (non-hydrogen) atoms. The number of thiophene rings is 1. The molecule has 0 aliphatic carbocycles. The van der Waals surface area contributed by atoms with Crippen LogP contribution in [0.1, 0.15) is 24.6 Å². The zero-order valence-corrected chi connectivity index (χ0v) is 12.6. The smallest absolute Gasteiger partial charge is 0.0701 e. The molecule has 1 aromatic heterocycles. The van der Waals surface area contributed by atoms with Crippen LogP contribution in [0, 0.1) is 0 Å². The van der Waals surface area contributed by atoms with Gasteiger partial charge in [-0.25, -0.2) is 0 Å². The van der Waals surface area contributed by atoms with Gasteiger partial charge in [-0.3, -0.25) is 11.3 Å². The van der Waals surface area contributed by atoms with Crippen LogP contribution in [0.2, 0.25) is 0 Å². The molecule has 0 bridgehead atoms. The second kappa shape index (κ2) is 5.40. The molecule has 2 heterocycles. The van der Waals surface area contributed by atoms with Crippen molar-refractivity contribution in [2.75, 3.05) is 5.75 Å². The number of hydrazine groups is 1. The Kier molecular flexibility index (Phi) is 4.35. The highest BCUT2D eigenvalue weighted by atomic mass is 79.9. The van der Waals surface area contributed by atoms with E-state index in [0.717, 1.165) is 6.42 Å². The number of nitrogens with two attached hydrogens (primary N) is 1. The summed E-state index contributed by atoms with van der Waals surface area (Å²) < 4.78 is 1.49. The van der Waals surface area contributed by atoms with Gasteiger partial charge >= 0.3 is 0 Å². The van der Waals surface area contributed by atoms with Crippen molar-refractivity contribution in [1.82, 2.24) is 5.43 Å². The standard InChI is InChI=1S/C11H17BrN2S2/c1-11(5-2-6-15-11)9(14-13)7-8-3-4-10(12)16-8/h3-4,9,14H,2,5-7,13H2,1H3. The summed E-state index contributed by atoms with van der Waals surface area (Å²) >= 11 is 7.36. The maximum absolute atomic E-state index is 5.72. The summed E-state index contributed by atoms with van der Waals surface area (Å²) in [6.07, 6.45) is 3.60. The minimum atomic E-state index is 0.297. The third kappa shape index (κ3) is 2.82. The zero-order valence-electron chi connectivity index (χ0n) is 9.33. The average Bonchev–Trinajstić information content (AvgIpc) is 2.85. The topological polar surface area (TPSA) is 38.0 Å². The molecule has 1 fully saturated rings. The van der Waals surface area contributed by atoms with Crippen molar-refractivity contribution in [2.24, 2.45) is 5.84 Å². The van der Waals surface area contributed by atoms with E-state index in [9.17, 15) is 0 Å². The summed E-state index contributed by atoms with van der Waals surface area (Å²) in [5.74, 6) is 6.99. The monoisotopic (exact) mass is 320 g/mol. The van der Waals surface area contributed by atoms with Gasteiger partial charge in [0.05, 0.1) is 3.79 Å². The Labute approximate surface area is 113 Å². The van der Waals surface area contributed by atoms with Gasteiger partial charge in [0.1, 0.15) is 0 Å². The van der Waals surface area contributed by atoms with Gasteiger partial charge in [-0.2, -0.15) is 11.8 Å². The minimum absolute atomic E-state index is 0.297. The van der Waals surface area contributed by atoms with Crippen molar-refractivity contribution in [3.63, 3.8) is 0 Å². The molecule has 1 aliphatic heterocycles. The lowest BCUT2D eigenvalue weighted by atomic mass is 9.93. The highest BCUT2D eigenvalue weighted by Crippen LogP contribution is 2.41. The van der Waals surface area contributed by atoms with E-state index in [4.69, 9.17) is 5.84 Å². The molecule has 3 N–H and O–H groups in total. The van der Waals surface area contributed by atoms with Crippen LogP contribution in [-0.2, 0) is 6.42 Å². The Hall–Kier alpha value is 0.450. The lowest BCUT2D eigenvalue weighted by molar-refractivity contribution is 0.407. The van der Waals surface area contributed by atoms with Gasteiger partial charge in [-0.1, -0.05) is 0 Å². The second-order valence-electron chi connectivity index (χ2n) is 4.39. The van der Waals surface area contributed by atoms with Gasteiger partial charge in [0.15, 0.2) is 0 Å². The first-order chi connectivity index (χ1) is 7.64. The summed E-state index contributed by atoms with van der Waals surface area (Å²) in [7, 11) is 0. The van der Waals surface area contributed by atoms with E-state index in [1.54, 1.807) is 11.3 Å². The second-order valence-corrected chi connectivity index (χ2v) is 8.57. The SMILES string of the molecule is CC1(C(Cc2ccc(Br)s2)NN)CCCS1. The van der Waals surface area contributed by atoms with Gasteiger partial charge < -0.3 is 0 Å². The first-order valence-electron chi connectivity index (χ1n) is 5.48. The molecule has 0 radical (unpaired) electrons. The number of thioether (sulfide) groups is 1. The third-order valence-electron chi connectivity index (χ3n) is 3.22. The van der Waals surface area contributed by atoms with Gasteiger partial charge in [-0.05, 0) is 60.0 Å². The molecule has 5 heteroatoms. The third-order valence-corrected chi connectivity index (χ3v) is 6.51. The van der Waals surface area contributed by atoms with Crippen LogP contribution in [0.25, 0.3) is 0 Å². The van der Waals surface area contributed by atoms with Crippen LogP contribution in [0.15, 0.2) is 15.9 Å². The van der Waals surface area contributed by atoms with Crippen molar-refractivity contribution < 1.29 is 0 Å². The predicted molar refractivity (Wildman–Crippen MR) is 76.9 cm³/mol. The Balaban J connectivity index is 2.05. The van der Waals surface area contributed by atoms with Crippen LogP contribution in [0.5, 0.6) is 0 Å². The van der Waals surface area contributed by atoms with E-state index < -0.39 is 0 Å². The minimum Gasteiger partial charge on any atom is -0.271 e. The highest BCUT2D eigenvalue weighted by molar-refractivity contribution is 9.11. The molecule has 1 saturated heterocycles. The van der Waals surface area contributed by atoms with Gasteiger partial charge in [0, 0.05) is 15.7 Å². The van der Waals surface area contributed by atoms with E-state index in [1.165, 1.54) is 27.3 Å². The number of nitrogens with one attached hydrogen (secondary N) is 1. The maximum atomic E-state index is 5.72. The van der Waals surface area contributed by atoms with Crippen LogP contribution in [0.3, 0.4) is 0 Å². The Morgan fingerprint density at radius 2 is 2.44 bits per heavy atom. The van der Waals surface area contributed by atoms with E-state index in [1.807, 2.05) is 0 Å². The lowest BCUT2D eigenvalue weighted by Crippen LogP contribution is -2.49. The van der Waals surface area contributed by atoms with Crippen molar-refractivity contribution in [3.05, 3.63) is 20.8 Å². The zero-order chi connectivity index (χ0) is 11.6. The quantitative estimate of drug-likeness (QED) is 0.661. The fourth-order valence-corrected chi connectivity index (χ4v) is 5.11. The fraction of sp³-hybridized carbons (Fsp3) is 0.636. The molecule has 1 aromatic rings. The number of rotatable bonds is 4. The van der Waals surface area contributed by atoms with Crippen molar-refractivity contribution >= 4 is 39.0 Å². The van der Waals surface area contributed by atoms with E-state index in [0.29, 0.717) is 10.8 Å². The van der Waals surface area contributed by atoms with Gasteiger partial charge in [-0.15, -0.1) is 11.3 Å². The fourth-order valence-electron chi connectivity index (χ4n) is 2.19. The van der Waals surface area contributed by atoms with Crippen LogP contribution >= 0.6 is 39.0 Å². The van der Waals surface area contributed by atoms with E-state index >= 15 is 0 Å². The Bertz CT molecular complexity index is 348. The first kappa shape index (κ1) is 12.9. The van der Waals surface area contributed by atoms with E-state index in [2.05, 4.69) is 52.2 Å². The molecular formula is C11H17BrN2S2. The molecule has 90 valence electrons. The largest absolute Gasteiger partial charge is 0.271 e. The molecule has 2 unspecified atom stereocenters. The Morgan fingerprint density at radius 1 is 1.62 bits per heavy atom. The van der Waals surface area contributed by atoms with Crippen LogP contribution in [0.4, 0.5) is 0 Å². The molecule has 2 atom stereocenters. The molecule has 0 saturated carbocycles. The summed E-state index contributed by atoms with van der Waals surface area (Å²) in [5, 5.41) is 0. The normalized spacial score (nSPS) is 27.2. The summed E-state index contributed by atoms with van der Waals surface area (Å²) in [6, 6.07) is 4.66. The molecule has 2 nitrogen and oxygen atoms in total. The van der Waals surface area contributed by atoms with Gasteiger partial charge in [0.25, 0.3) is 0 Å². The first-order valence-corrected chi connectivity index (χ1v) is 8.08.